The third kappa shape index (κ3) is 8.32. The van der Waals surface area contributed by atoms with Gasteiger partial charge in [-0.15, -0.1) is 0 Å². The van der Waals surface area contributed by atoms with Gasteiger partial charge >= 0.3 is 23.5 Å². The second kappa shape index (κ2) is 12.1. The first-order valence-corrected chi connectivity index (χ1v) is 16.1. The highest BCUT2D eigenvalue weighted by molar-refractivity contribution is 7.66. The average molecular weight is 635 g/mol. The standard InChI is InChI=1S/C20H24N5O13P3/c21-20-23-17-16(19(27)24-20)13(6-3-9-22-18(26)12-4-1-2-5-12)10-25(17)15-8-7-14(36-15)11-35-40(31,32)38-41(33,34)37-39(28,29)30/h1-2,4-5,10,12,14-15H,7-9,11H2,(H,22,26)(H,31,32)(H,33,34)(H2,28,29,30)(H3,21,23,24,27)/t14-,15+/m0/s1. The number of amides is 1. The van der Waals surface area contributed by atoms with E-state index in [-0.39, 0.29) is 47.3 Å². The minimum absolute atomic E-state index is 0.00654. The van der Waals surface area contributed by atoms with Gasteiger partial charge in [-0.05, 0) is 12.8 Å². The zero-order valence-electron chi connectivity index (χ0n) is 20.7. The van der Waals surface area contributed by atoms with Gasteiger partial charge in [-0.2, -0.15) is 13.6 Å². The Bertz CT molecular complexity index is 1650. The molecule has 1 amide bonds. The van der Waals surface area contributed by atoms with Crippen LogP contribution in [0.1, 0.15) is 24.6 Å². The fraction of sp³-hybridized carbons (Fsp3) is 0.350. The Kier molecular flexibility index (Phi) is 9.19. The maximum Gasteiger partial charge on any atom is 0.490 e. The predicted molar refractivity (Wildman–Crippen MR) is 139 cm³/mol. The number of anilines is 1. The van der Waals surface area contributed by atoms with Gasteiger partial charge in [0.2, 0.25) is 11.9 Å². The number of phosphoric ester groups is 1. The molecular weight excluding hydrogens is 611 g/mol. The van der Waals surface area contributed by atoms with Gasteiger partial charge in [-0.25, -0.2) is 13.7 Å². The molecule has 0 saturated carbocycles. The first-order valence-electron chi connectivity index (χ1n) is 11.6. The van der Waals surface area contributed by atoms with Crippen LogP contribution in [0.15, 0.2) is 35.3 Å². The van der Waals surface area contributed by atoms with Crippen LogP contribution in [0.5, 0.6) is 0 Å². The quantitative estimate of drug-likeness (QED) is 0.139. The highest BCUT2D eigenvalue weighted by atomic mass is 31.3. The maximum absolute atomic E-state index is 12.7. The van der Waals surface area contributed by atoms with Gasteiger partial charge in [-0.3, -0.25) is 19.1 Å². The topological polar surface area (TPSA) is 275 Å². The Labute approximate surface area is 230 Å². The van der Waals surface area contributed by atoms with Crippen LogP contribution in [0, 0.1) is 17.8 Å². The van der Waals surface area contributed by atoms with Crippen molar-refractivity contribution in [1.82, 2.24) is 19.9 Å². The largest absolute Gasteiger partial charge is 0.490 e. The summed E-state index contributed by atoms with van der Waals surface area (Å²) in [6, 6.07) is 0. The second-order valence-electron chi connectivity index (χ2n) is 8.59. The minimum Gasteiger partial charge on any atom is -0.369 e. The summed E-state index contributed by atoms with van der Waals surface area (Å²) in [4.78, 5) is 67.5. The molecule has 1 aliphatic carbocycles. The molecule has 0 radical (unpaired) electrons. The van der Waals surface area contributed by atoms with E-state index in [0.717, 1.165) is 0 Å². The van der Waals surface area contributed by atoms with Crippen LogP contribution in [0.3, 0.4) is 0 Å². The second-order valence-corrected chi connectivity index (χ2v) is 13.0. The predicted octanol–water partition coefficient (Wildman–Crippen LogP) is 0.538. The highest BCUT2D eigenvalue weighted by Gasteiger charge is 2.41. The summed E-state index contributed by atoms with van der Waals surface area (Å²) in [7, 11) is -16.5. The summed E-state index contributed by atoms with van der Waals surface area (Å²) in [5.41, 5.74) is 5.56. The summed E-state index contributed by atoms with van der Waals surface area (Å²) < 4.78 is 53.5. The number of fused-ring (bicyclic) bond motifs is 1. The molecule has 2 aliphatic rings. The SMILES string of the molecule is Nc1nc2c(c(C#CCNC(=O)C3C=CC=C3)cn2[C@H]2CC[C@@H](COP(=O)(O)OP(=O)(O)OP(=O)(O)O)O2)c(=O)[nH]1. The fourth-order valence-corrected chi connectivity index (χ4v) is 7.03. The van der Waals surface area contributed by atoms with E-state index >= 15 is 0 Å². The molecule has 18 nitrogen and oxygen atoms in total. The van der Waals surface area contributed by atoms with E-state index in [4.69, 9.17) is 20.3 Å². The molecule has 4 rings (SSSR count). The van der Waals surface area contributed by atoms with Gasteiger partial charge in [-0.1, -0.05) is 36.1 Å². The van der Waals surface area contributed by atoms with Crippen LogP contribution in [0.25, 0.3) is 11.0 Å². The number of aromatic nitrogens is 3. The number of nitrogens with one attached hydrogen (secondary N) is 2. The number of H-pyrrole nitrogens is 1. The van der Waals surface area contributed by atoms with Crippen molar-refractivity contribution in [3.63, 3.8) is 0 Å². The number of hydrogen-bond acceptors (Lipinski definition) is 11. The Hall–Kier alpha value is -2.90. The number of nitrogen functional groups attached to an aromatic ring is 1. The smallest absolute Gasteiger partial charge is 0.369 e. The lowest BCUT2D eigenvalue weighted by Gasteiger charge is -2.19. The monoisotopic (exact) mass is 635 g/mol. The summed E-state index contributed by atoms with van der Waals surface area (Å²) >= 11 is 0. The molecule has 8 N–H and O–H groups in total. The third-order valence-corrected chi connectivity index (χ3v) is 9.36. The molecule has 2 aromatic rings. The van der Waals surface area contributed by atoms with Crippen LogP contribution in [-0.4, -0.2) is 59.3 Å². The van der Waals surface area contributed by atoms with Gasteiger partial charge in [0, 0.05) is 6.20 Å². The number of rotatable bonds is 10. The minimum atomic E-state index is -5.65. The van der Waals surface area contributed by atoms with E-state index < -0.39 is 48.0 Å². The lowest BCUT2D eigenvalue weighted by molar-refractivity contribution is -0.122. The lowest BCUT2D eigenvalue weighted by atomic mass is 10.1. The Balaban J connectivity index is 1.44. The van der Waals surface area contributed by atoms with Crippen molar-refractivity contribution in [1.29, 1.82) is 0 Å². The summed E-state index contributed by atoms with van der Waals surface area (Å²) in [5, 5.41) is 2.78. The molecule has 0 aromatic carbocycles. The van der Waals surface area contributed by atoms with Gasteiger partial charge in [0.05, 0.1) is 36.1 Å². The summed E-state index contributed by atoms with van der Waals surface area (Å²) in [6.45, 7) is -0.625. The van der Waals surface area contributed by atoms with Gasteiger partial charge in [0.15, 0.2) is 5.65 Å². The molecule has 3 heterocycles. The fourth-order valence-electron chi connectivity index (χ4n) is 3.98. The van der Waals surface area contributed by atoms with Crippen LogP contribution in [0.4, 0.5) is 5.95 Å². The third-order valence-electron chi connectivity index (χ3n) is 5.56. The van der Waals surface area contributed by atoms with Crippen LogP contribution >= 0.6 is 23.5 Å². The number of carbonyl (C=O) groups is 1. The number of phosphoric acid groups is 3. The zero-order valence-corrected chi connectivity index (χ0v) is 23.4. The van der Waals surface area contributed by atoms with E-state index in [2.05, 4.69) is 40.3 Å². The van der Waals surface area contributed by atoms with E-state index in [0.29, 0.717) is 6.42 Å². The number of ether oxygens (including phenoxy) is 1. The number of aromatic amines is 1. The summed E-state index contributed by atoms with van der Waals surface area (Å²) in [6.07, 6.45) is 7.39. The molecular formula is C20H24N5O13P3. The first-order chi connectivity index (χ1) is 19.1. The number of carbonyl (C=O) groups excluding carboxylic acids is 1. The van der Waals surface area contributed by atoms with Crippen LogP contribution in [-0.2, 0) is 36.4 Å². The number of hydrogen-bond donors (Lipinski definition) is 7. The Morgan fingerprint density at radius 3 is 2.56 bits per heavy atom. The van der Waals surface area contributed by atoms with Crippen molar-refractivity contribution in [2.75, 3.05) is 18.9 Å². The number of allylic oxidation sites excluding steroid dienone is 2. The first kappa shape index (κ1) is 31.0. The van der Waals surface area contributed by atoms with Gasteiger partial charge < -0.3 is 39.9 Å². The molecule has 41 heavy (non-hydrogen) atoms. The van der Waals surface area contributed by atoms with Crippen molar-refractivity contribution in [3.05, 3.63) is 46.4 Å². The molecule has 1 fully saturated rings. The van der Waals surface area contributed by atoms with Crippen molar-refractivity contribution in [2.45, 2.75) is 25.2 Å². The van der Waals surface area contributed by atoms with Crippen molar-refractivity contribution in [2.24, 2.45) is 5.92 Å². The molecule has 222 valence electrons. The highest BCUT2D eigenvalue weighted by Crippen LogP contribution is 2.66. The molecule has 4 atom stereocenters. The lowest BCUT2D eigenvalue weighted by Crippen LogP contribution is -2.28. The Morgan fingerprint density at radius 2 is 1.88 bits per heavy atom. The van der Waals surface area contributed by atoms with Crippen molar-refractivity contribution < 1.29 is 55.9 Å². The normalized spacial score (nSPS) is 21.9. The summed E-state index contributed by atoms with van der Waals surface area (Å²) in [5.74, 6) is 4.82. The Morgan fingerprint density at radius 1 is 1.17 bits per heavy atom. The van der Waals surface area contributed by atoms with Gasteiger partial charge in [0.1, 0.15) is 6.23 Å². The molecule has 2 aromatic heterocycles. The van der Waals surface area contributed by atoms with Crippen molar-refractivity contribution in [3.8, 4) is 11.8 Å². The molecule has 1 aliphatic heterocycles. The average Bonchev–Trinajstić information content (AvgIpc) is 3.58. The van der Waals surface area contributed by atoms with Crippen LogP contribution < -0.4 is 16.6 Å². The maximum atomic E-state index is 12.7. The van der Waals surface area contributed by atoms with E-state index in [9.17, 15) is 33.1 Å². The molecule has 2 unspecified atom stereocenters. The number of nitrogens with two attached hydrogens (primary N) is 1. The van der Waals surface area contributed by atoms with E-state index in [1.54, 1.807) is 24.3 Å². The molecule has 1 saturated heterocycles. The molecule has 0 spiro atoms. The van der Waals surface area contributed by atoms with Gasteiger partial charge in [0.25, 0.3) is 5.56 Å². The van der Waals surface area contributed by atoms with E-state index in [1.807, 2.05) is 0 Å². The van der Waals surface area contributed by atoms with Crippen LogP contribution in [0.2, 0.25) is 0 Å². The number of nitrogens with zero attached hydrogens (tertiary/aromatic N) is 2. The molecule has 0 bridgehead atoms. The van der Waals surface area contributed by atoms with E-state index in [1.165, 1.54) is 10.8 Å². The zero-order chi connectivity index (χ0) is 30.0. The molecule has 21 heteroatoms. The van der Waals surface area contributed by atoms with Crippen molar-refractivity contribution >= 4 is 46.4 Å².